The molecule has 0 spiro atoms. The van der Waals surface area contributed by atoms with Crippen molar-refractivity contribution in [2.45, 2.75) is 26.0 Å². The Balaban J connectivity index is 1.65. The molecule has 0 aliphatic heterocycles. The maximum Gasteiger partial charge on any atom is 0.287 e. The average Bonchev–Trinajstić information content (AvgIpc) is 3.20. The number of halogens is 1. The first-order valence-corrected chi connectivity index (χ1v) is 10.3. The van der Waals surface area contributed by atoms with E-state index in [1.807, 2.05) is 69.6 Å². The molecular weight excluding hydrogens is 400 g/mol. The molecule has 0 saturated heterocycles. The SMILES string of the molecule is Cc1ccccc1OCc1ccc(C(=O)NC(CCN(C)C)c2ccc(Cl)cc2)o1. The van der Waals surface area contributed by atoms with Crippen LogP contribution >= 0.6 is 11.6 Å². The molecule has 0 fully saturated rings. The van der Waals surface area contributed by atoms with E-state index in [1.165, 1.54) is 0 Å². The van der Waals surface area contributed by atoms with Gasteiger partial charge in [-0.2, -0.15) is 0 Å². The van der Waals surface area contributed by atoms with Crippen LogP contribution in [0.2, 0.25) is 5.02 Å². The minimum atomic E-state index is -0.254. The van der Waals surface area contributed by atoms with Gasteiger partial charge >= 0.3 is 0 Å². The van der Waals surface area contributed by atoms with E-state index in [2.05, 4.69) is 10.2 Å². The van der Waals surface area contributed by atoms with Crippen LogP contribution in [-0.4, -0.2) is 31.4 Å². The number of hydrogen-bond acceptors (Lipinski definition) is 4. The van der Waals surface area contributed by atoms with Crippen LogP contribution in [0.15, 0.2) is 65.1 Å². The van der Waals surface area contributed by atoms with Crippen LogP contribution in [0.25, 0.3) is 0 Å². The summed E-state index contributed by atoms with van der Waals surface area (Å²) >= 11 is 6.01. The number of nitrogens with one attached hydrogen (secondary N) is 1. The van der Waals surface area contributed by atoms with Crippen molar-refractivity contribution < 1.29 is 13.9 Å². The highest BCUT2D eigenvalue weighted by atomic mass is 35.5. The topological polar surface area (TPSA) is 54.7 Å². The maximum atomic E-state index is 12.8. The number of carbonyl (C=O) groups excluding carboxylic acids is 1. The van der Waals surface area contributed by atoms with Gasteiger partial charge in [-0.15, -0.1) is 0 Å². The van der Waals surface area contributed by atoms with Crippen LogP contribution in [0, 0.1) is 6.92 Å². The van der Waals surface area contributed by atoms with Crippen molar-refractivity contribution in [3.63, 3.8) is 0 Å². The fraction of sp³-hybridized carbons (Fsp3) is 0.292. The summed E-state index contributed by atoms with van der Waals surface area (Å²) in [6.07, 6.45) is 0.768. The molecule has 1 atom stereocenters. The van der Waals surface area contributed by atoms with Gasteiger partial charge in [-0.3, -0.25) is 4.79 Å². The first kappa shape index (κ1) is 21.9. The van der Waals surface area contributed by atoms with Crippen molar-refractivity contribution in [2.75, 3.05) is 20.6 Å². The summed E-state index contributed by atoms with van der Waals surface area (Å²) in [5.74, 6) is 1.41. The van der Waals surface area contributed by atoms with Gasteiger partial charge in [0.1, 0.15) is 18.1 Å². The fourth-order valence-electron chi connectivity index (χ4n) is 3.08. The number of furan rings is 1. The number of nitrogens with zero attached hydrogens (tertiary/aromatic N) is 1. The lowest BCUT2D eigenvalue weighted by Crippen LogP contribution is -2.30. The fourth-order valence-corrected chi connectivity index (χ4v) is 3.20. The molecule has 5 nitrogen and oxygen atoms in total. The summed E-state index contributed by atoms with van der Waals surface area (Å²) in [5, 5.41) is 3.74. The van der Waals surface area contributed by atoms with Crippen molar-refractivity contribution in [3.05, 3.63) is 88.3 Å². The average molecular weight is 427 g/mol. The standard InChI is InChI=1S/C24H27ClN2O3/c1-17-6-4-5-7-22(17)29-16-20-12-13-23(30-20)24(28)26-21(14-15-27(2)3)18-8-10-19(25)11-9-18/h4-13,21H,14-16H2,1-3H3,(H,26,28). The van der Waals surface area contributed by atoms with E-state index in [1.54, 1.807) is 12.1 Å². The number of amides is 1. The van der Waals surface area contributed by atoms with E-state index in [0.717, 1.165) is 29.8 Å². The quantitative estimate of drug-likeness (QED) is 0.508. The number of hydrogen-bond donors (Lipinski definition) is 1. The highest BCUT2D eigenvalue weighted by Gasteiger charge is 2.19. The van der Waals surface area contributed by atoms with Gasteiger partial charge in [0.15, 0.2) is 5.76 Å². The van der Waals surface area contributed by atoms with Gasteiger partial charge in [0, 0.05) is 5.02 Å². The van der Waals surface area contributed by atoms with Crippen LogP contribution < -0.4 is 10.1 Å². The highest BCUT2D eigenvalue weighted by molar-refractivity contribution is 6.30. The molecule has 0 aliphatic carbocycles. The summed E-state index contributed by atoms with van der Waals surface area (Å²) in [6, 6.07) is 18.6. The first-order chi connectivity index (χ1) is 14.4. The third kappa shape index (κ3) is 6.12. The number of rotatable bonds is 9. The monoisotopic (exact) mass is 426 g/mol. The second-order valence-electron chi connectivity index (χ2n) is 7.49. The van der Waals surface area contributed by atoms with Gasteiger partial charge < -0.3 is 19.4 Å². The number of ether oxygens (including phenoxy) is 1. The van der Waals surface area contributed by atoms with Gasteiger partial charge in [-0.05, 0) is 75.4 Å². The van der Waals surface area contributed by atoms with Crippen LogP contribution in [0.5, 0.6) is 5.75 Å². The largest absolute Gasteiger partial charge is 0.485 e. The first-order valence-electron chi connectivity index (χ1n) is 9.90. The molecular formula is C24H27ClN2O3. The maximum absolute atomic E-state index is 12.8. The predicted molar refractivity (Wildman–Crippen MR) is 119 cm³/mol. The van der Waals surface area contributed by atoms with Crippen molar-refractivity contribution in [1.82, 2.24) is 10.2 Å². The van der Waals surface area contributed by atoms with Crippen molar-refractivity contribution in [3.8, 4) is 5.75 Å². The lowest BCUT2D eigenvalue weighted by molar-refractivity contribution is 0.0900. The van der Waals surface area contributed by atoms with Gasteiger partial charge in [0.2, 0.25) is 0 Å². The number of aryl methyl sites for hydroxylation is 1. The molecule has 6 heteroatoms. The minimum Gasteiger partial charge on any atom is -0.485 e. The Morgan fingerprint density at radius 3 is 2.53 bits per heavy atom. The number of benzene rings is 2. The second-order valence-corrected chi connectivity index (χ2v) is 7.93. The summed E-state index contributed by atoms with van der Waals surface area (Å²) < 4.78 is 11.5. The smallest absolute Gasteiger partial charge is 0.287 e. The highest BCUT2D eigenvalue weighted by Crippen LogP contribution is 2.22. The Labute approximate surface area is 182 Å². The summed E-state index contributed by atoms with van der Waals surface area (Å²) in [7, 11) is 4.02. The molecule has 1 N–H and O–H groups in total. The number of carbonyl (C=O) groups is 1. The van der Waals surface area contributed by atoms with E-state index in [0.29, 0.717) is 10.8 Å². The van der Waals surface area contributed by atoms with Crippen molar-refractivity contribution in [1.29, 1.82) is 0 Å². The van der Waals surface area contributed by atoms with Crippen LogP contribution in [0.1, 0.15) is 39.9 Å². The Hall–Kier alpha value is -2.76. The van der Waals surface area contributed by atoms with Crippen LogP contribution in [-0.2, 0) is 6.61 Å². The van der Waals surface area contributed by atoms with Gasteiger partial charge in [0.05, 0.1) is 6.04 Å². The lowest BCUT2D eigenvalue weighted by atomic mass is 10.0. The van der Waals surface area contributed by atoms with Crippen LogP contribution in [0.4, 0.5) is 0 Å². The lowest BCUT2D eigenvalue weighted by Gasteiger charge is -2.21. The van der Waals surface area contributed by atoms with Gasteiger partial charge in [0.25, 0.3) is 5.91 Å². The Morgan fingerprint density at radius 2 is 1.83 bits per heavy atom. The molecule has 2 aromatic carbocycles. The molecule has 0 saturated carbocycles. The van der Waals surface area contributed by atoms with E-state index in [-0.39, 0.29) is 24.3 Å². The molecule has 1 unspecified atom stereocenters. The zero-order valence-electron chi connectivity index (χ0n) is 17.5. The molecule has 158 valence electrons. The molecule has 1 aromatic heterocycles. The molecule has 30 heavy (non-hydrogen) atoms. The van der Waals surface area contributed by atoms with E-state index in [9.17, 15) is 4.79 Å². The Kier molecular flexibility index (Phi) is 7.55. The van der Waals surface area contributed by atoms with Crippen LogP contribution in [0.3, 0.4) is 0 Å². The Morgan fingerprint density at radius 1 is 1.10 bits per heavy atom. The molecule has 0 aliphatic rings. The molecule has 0 bridgehead atoms. The van der Waals surface area contributed by atoms with Gasteiger partial charge in [-0.1, -0.05) is 41.9 Å². The molecule has 3 aromatic rings. The molecule has 3 rings (SSSR count). The zero-order valence-corrected chi connectivity index (χ0v) is 18.3. The van der Waals surface area contributed by atoms with Crippen molar-refractivity contribution >= 4 is 17.5 Å². The summed E-state index contributed by atoms with van der Waals surface area (Å²) in [5.41, 5.74) is 2.05. The molecule has 0 radical (unpaired) electrons. The third-order valence-electron chi connectivity index (χ3n) is 4.79. The molecule has 1 amide bonds. The Bertz CT molecular complexity index is 967. The van der Waals surface area contributed by atoms with Crippen molar-refractivity contribution in [2.24, 2.45) is 0 Å². The predicted octanol–water partition coefficient (Wildman–Crippen LogP) is 5.24. The second kappa shape index (κ2) is 10.3. The van der Waals surface area contributed by atoms with Gasteiger partial charge in [-0.25, -0.2) is 0 Å². The minimum absolute atomic E-state index is 0.145. The number of para-hydroxylation sites is 1. The third-order valence-corrected chi connectivity index (χ3v) is 5.04. The normalized spacial score (nSPS) is 12.0. The zero-order chi connectivity index (χ0) is 21.5. The summed E-state index contributed by atoms with van der Waals surface area (Å²) in [4.78, 5) is 14.9. The molecule has 1 heterocycles. The van der Waals surface area contributed by atoms with E-state index >= 15 is 0 Å². The van der Waals surface area contributed by atoms with E-state index < -0.39 is 0 Å². The summed E-state index contributed by atoms with van der Waals surface area (Å²) in [6.45, 7) is 3.08. The van der Waals surface area contributed by atoms with E-state index in [4.69, 9.17) is 20.8 Å².